The molecule has 0 atom stereocenters. The molecule has 180 valence electrons. The number of methoxy groups -OCH3 is 1. The number of hydrogen-bond acceptors (Lipinski definition) is 4. The number of hydrogen-bond donors (Lipinski definition) is 1. The summed E-state index contributed by atoms with van der Waals surface area (Å²) in [7, 11) is 1.64. The van der Waals surface area contributed by atoms with Crippen molar-refractivity contribution in [3.63, 3.8) is 0 Å². The Balaban J connectivity index is 1.34. The third kappa shape index (κ3) is 5.57. The van der Waals surface area contributed by atoms with Gasteiger partial charge in [0, 0.05) is 29.9 Å². The van der Waals surface area contributed by atoms with Crippen LogP contribution in [0.5, 0.6) is 11.5 Å². The maximum absolute atomic E-state index is 14.9. The fourth-order valence-corrected chi connectivity index (χ4v) is 4.68. The van der Waals surface area contributed by atoms with Gasteiger partial charge in [-0.25, -0.2) is 4.39 Å². The van der Waals surface area contributed by atoms with E-state index < -0.39 is 0 Å². The van der Waals surface area contributed by atoms with Crippen molar-refractivity contribution in [2.24, 2.45) is 0 Å². The summed E-state index contributed by atoms with van der Waals surface area (Å²) in [6.45, 7) is 3.54. The summed E-state index contributed by atoms with van der Waals surface area (Å²) in [4.78, 5) is 2.38. The molecule has 0 aliphatic carbocycles. The van der Waals surface area contributed by atoms with E-state index in [2.05, 4.69) is 40.5 Å². The molecule has 4 aromatic rings. The van der Waals surface area contributed by atoms with Crippen LogP contribution in [0.2, 0.25) is 0 Å². The molecule has 1 fully saturated rings. The number of benzene rings is 4. The van der Waals surface area contributed by atoms with Gasteiger partial charge in [0.05, 0.1) is 12.8 Å². The van der Waals surface area contributed by atoms with E-state index in [1.807, 2.05) is 36.4 Å². The Morgan fingerprint density at radius 3 is 2.49 bits per heavy atom. The van der Waals surface area contributed by atoms with Gasteiger partial charge in [0.15, 0.2) is 11.6 Å². The summed E-state index contributed by atoms with van der Waals surface area (Å²) in [6, 6.07) is 25.6. The lowest BCUT2D eigenvalue weighted by atomic mass is 9.99. The van der Waals surface area contributed by atoms with Crippen LogP contribution in [0.4, 0.5) is 15.8 Å². The Kier molecular flexibility index (Phi) is 7.15. The van der Waals surface area contributed by atoms with Crippen LogP contribution in [-0.2, 0) is 0 Å². The second kappa shape index (κ2) is 10.8. The number of halogens is 1. The van der Waals surface area contributed by atoms with Crippen LogP contribution in [-0.4, -0.2) is 38.3 Å². The van der Waals surface area contributed by atoms with Crippen molar-refractivity contribution in [2.45, 2.75) is 19.3 Å². The summed E-state index contributed by atoms with van der Waals surface area (Å²) in [5.41, 5.74) is 3.59. The second-order valence-corrected chi connectivity index (χ2v) is 8.99. The highest BCUT2D eigenvalue weighted by molar-refractivity contribution is 5.90. The molecule has 35 heavy (non-hydrogen) atoms. The van der Waals surface area contributed by atoms with Crippen LogP contribution in [0, 0.1) is 5.82 Å². The highest BCUT2D eigenvalue weighted by Gasteiger charge is 2.13. The molecule has 5 rings (SSSR count). The van der Waals surface area contributed by atoms with Crippen molar-refractivity contribution < 1.29 is 13.9 Å². The molecule has 0 aromatic heterocycles. The Morgan fingerprint density at radius 1 is 0.857 bits per heavy atom. The first-order valence-electron chi connectivity index (χ1n) is 12.3. The van der Waals surface area contributed by atoms with Gasteiger partial charge in [0.25, 0.3) is 0 Å². The number of fused-ring (bicyclic) bond motifs is 1. The predicted molar refractivity (Wildman–Crippen MR) is 141 cm³/mol. The van der Waals surface area contributed by atoms with Gasteiger partial charge in [0.1, 0.15) is 12.4 Å². The topological polar surface area (TPSA) is 33.7 Å². The molecule has 0 amide bonds. The van der Waals surface area contributed by atoms with Crippen LogP contribution >= 0.6 is 0 Å². The fraction of sp³-hybridized carbons (Fsp3) is 0.267. The Morgan fingerprint density at radius 2 is 1.69 bits per heavy atom. The van der Waals surface area contributed by atoms with E-state index >= 15 is 0 Å². The highest BCUT2D eigenvalue weighted by atomic mass is 19.1. The number of ether oxygens (including phenoxy) is 2. The van der Waals surface area contributed by atoms with E-state index in [1.54, 1.807) is 13.2 Å². The minimum absolute atomic E-state index is 0.285. The van der Waals surface area contributed by atoms with Crippen LogP contribution in [0.15, 0.2) is 78.9 Å². The third-order valence-electron chi connectivity index (χ3n) is 6.61. The molecule has 0 radical (unpaired) electrons. The molecule has 1 aliphatic heterocycles. The van der Waals surface area contributed by atoms with Gasteiger partial charge < -0.3 is 14.8 Å². The van der Waals surface area contributed by atoms with Gasteiger partial charge in [-0.15, -0.1) is 0 Å². The van der Waals surface area contributed by atoms with Crippen molar-refractivity contribution in [3.8, 4) is 22.6 Å². The van der Waals surface area contributed by atoms with E-state index in [-0.39, 0.29) is 11.6 Å². The molecule has 0 saturated carbocycles. The zero-order valence-corrected chi connectivity index (χ0v) is 20.1. The van der Waals surface area contributed by atoms with Crippen molar-refractivity contribution in [1.29, 1.82) is 0 Å². The van der Waals surface area contributed by atoms with Gasteiger partial charge in [-0.1, -0.05) is 42.8 Å². The molecule has 1 heterocycles. The molecule has 5 heteroatoms. The molecule has 0 spiro atoms. The summed E-state index contributed by atoms with van der Waals surface area (Å²) in [5, 5.41) is 5.75. The van der Waals surface area contributed by atoms with Gasteiger partial charge >= 0.3 is 0 Å². The minimum Gasteiger partial charge on any atom is -0.497 e. The van der Waals surface area contributed by atoms with E-state index in [9.17, 15) is 4.39 Å². The van der Waals surface area contributed by atoms with Gasteiger partial charge in [-0.2, -0.15) is 0 Å². The highest BCUT2D eigenvalue weighted by Crippen LogP contribution is 2.35. The van der Waals surface area contributed by atoms with Crippen molar-refractivity contribution >= 4 is 22.1 Å². The first-order valence-corrected chi connectivity index (χ1v) is 12.3. The largest absolute Gasteiger partial charge is 0.497 e. The van der Waals surface area contributed by atoms with E-state index in [0.29, 0.717) is 12.3 Å². The zero-order chi connectivity index (χ0) is 24.0. The fourth-order valence-electron chi connectivity index (χ4n) is 4.68. The molecular weight excluding hydrogens is 439 g/mol. The van der Waals surface area contributed by atoms with Gasteiger partial charge in [-0.05, 0) is 72.6 Å². The quantitative estimate of drug-likeness (QED) is 0.294. The maximum atomic E-state index is 14.9. The Bertz CT molecular complexity index is 1300. The van der Waals surface area contributed by atoms with E-state index in [4.69, 9.17) is 9.47 Å². The molecule has 1 saturated heterocycles. The van der Waals surface area contributed by atoms with Crippen LogP contribution < -0.4 is 14.8 Å². The molecule has 0 bridgehead atoms. The monoisotopic (exact) mass is 470 g/mol. The normalized spacial score (nSPS) is 14.1. The third-order valence-corrected chi connectivity index (χ3v) is 6.61. The summed E-state index contributed by atoms with van der Waals surface area (Å²) < 4.78 is 26.1. The standard InChI is InChI=1S/C30H31FN2O2/c1-34-26-12-13-27(24-10-9-22-7-3-4-8-23(22)19-24)29(21-26)32-25-11-14-30(28(31)20-25)35-18-17-33-15-5-2-6-16-33/h3-4,7-14,19-21,32H,2,5-6,15-18H2,1H3. The second-order valence-electron chi connectivity index (χ2n) is 8.99. The number of nitrogens with one attached hydrogen (secondary N) is 1. The van der Waals surface area contributed by atoms with Crippen molar-refractivity contribution in [1.82, 2.24) is 4.90 Å². The SMILES string of the molecule is COc1ccc(-c2ccc3ccccc3c2)c(Nc2ccc(OCCN3CCCCC3)c(F)c2)c1. The number of likely N-dealkylation sites (tertiary alicyclic amines) is 1. The number of nitrogens with zero attached hydrogens (tertiary/aromatic N) is 1. The van der Waals surface area contributed by atoms with Crippen molar-refractivity contribution in [3.05, 3.63) is 84.7 Å². The van der Waals surface area contributed by atoms with E-state index in [0.717, 1.165) is 42.2 Å². The average molecular weight is 471 g/mol. The van der Waals surface area contributed by atoms with Crippen LogP contribution in [0.25, 0.3) is 21.9 Å². The van der Waals surface area contributed by atoms with Crippen LogP contribution in [0.3, 0.4) is 0 Å². The smallest absolute Gasteiger partial charge is 0.167 e. The summed E-state index contributed by atoms with van der Waals surface area (Å²) >= 11 is 0. The lowest BCUT2D eigenvalue weighted by molar-refractivity contribution is 0.180. The predicted octanol–water partition coefficient (Wildman–Crippen LogP) is 7.26. The maximum Gasteiger partial charge on any atom is 0.167 e. The van der Waals surface area contributed by atoms with Crippen LogP contribution in [0.1, 0.15) is 19.3 Å². The Labute approximate surface area is 206 Å². The number of rotatable bonds is 8. The van der Waals surface area contributed by atoms with Crippen molar-refractivity contribution in [2.75, 3.05) is 38.7 Å². The molecule has 4 nitrogen and oxygen atoms in total. The van der Waals surface area contributed by atoms with E-state index in [1.165, 1.54) is 36.1 Å². The minimum atomic E-state index is -0.371. The zero-order valence-electron chi connectivity index (χ0n) is 20.1. The Hall–Kier alpha value is -3.57. The number of piperidine rings is 1. The summed E-state index contributed by atoms with van der Waals surface area (Å²) in [5.74, 6) is 0.645. The lowest BCUT2D eigenvalue weighted by Crippen LogP contribution is -2.33. The molecule has 1 aliphatic rings. The number of anilines is 2. The first kappa shape index (κ1) is 23.2. The molecule has 0 unspecified atom stereocenters. The molecular formula is C30H31FN2O2. The van der Waals surface area contributed by atoms with Gasteiger partial charge in [0.2, 0.25) is 0 Å². The average Bonchev–Trinajstić information content (AvgIpc) is 2.90. The van der Waals surface area contributed by atoms with Gasteiger partial charge in [-0.3, -0.25) is 4.90 Å². The summed E-state index contributed by atoms with van der Waals surface area (Å²) in [6.07, 6.45) is 3.77. The lowest BCUT2D eigenvalue weighted by Gasteiger charge is -2.26. The first-order chi connectivity index (χ1) is 17.2. The molecule has 1 N–H and O–H groups in total. The molecule has 4 aromatic carbocycles.